The molecule has 3 aliphatic heterocycles. The van der Waals surface area contributed by atoms with Crippen molar-refractivity contribution >= 4 is 41.6 Å². The summed E-state index contributed by atoms with van der Waals surface area (Å²) in [5, 5.41) is 5.76. The smallest absolute Gasteiger partial charge is 0.305 e. The van der Waals surface area contributed by atoms with Crippen molar-refractivity contribution in [2.75, 3.05) is 14.2 Å². The van der Waals surface area contributed by atoms with Gasteiger partial charge in [0.05, 0.1) is 31.3 Å². The van der Waals surface area contributed by atoms with Gasteiger partial charge in [0, 0.05) is 46.6 Å². The molecule has 4 rings (SSSR count). The number of hydrogen-bond donors (Lipinski definition) is 3. The summed E-state index contributed by atoms with van der Waals surface area (Å²) < 4.78 is 9.79. The normalized spacial score (nSPS) is 19.2. The fraction of sp³-hybridized carbons (Fsp3) is 0.286. The zero-order valence-corrected chi connectivity index (χ0v) is 26.5. The lowest BCUT2D eigenvalue weighted by Crippen LogP contribution is -2.16. The van der Waals surface area contributed by atoms with Gasteiger partial charge in [-0.05, 0) is 86.6 Å². The molecule has 0 unspecified atom stereocenters. The lowest BCUT2D eigenvalue weighted by molar-refractivity contribution is -0.141. The van der Waals surface area contributed by atoms with Gasteiger partial charge < -0.3 is 25.1 Å². The molecule has 3 N–H and O–H groups in total. The number of hydrogen-bond acceptors (Lipinski definition) is 7. The number of amides is 2. The van der Waals surface area contributed by atoms with E-state index >= 15 is 0 Å². The van der Waals surface area contributed by atoms with Crippen LogP contribution in [0.2, 0.25) is 0 Å². The number of nitrogens with one attached hydrogen (secondary N) is 3. The van der Waals surface area contributed by atoms with Gasteiger partial charge in [-0.2, -0.15) is 0 Å². The van der Waals surface area contributed by atoms with Crippen molar-refractivity contribution in [1.82, 2.24) is 15.6 Å². The van der Waals surface area contributed by atoms with Gasteiger partial charge in [-0.1, -0.05) is 25.3 Å². The van der Waals surface area contributed by atoms with Gasteiger partial charge in [-0.15, -0.1) is 0 Å². The van der Waals surface area contributed by atoms with Crippen LogP contribution in [0.25, 0.3) is 12.2 Å². The van der Waals surface area contributed by atoms with Crippen molar-refractivity contribution in [3.05, 3.63) is 104 Å². The largest absolute Gasteiger partial charge is 0.469 e. The minimum absolute atomic E-state index is 0.154. The van der Waals surface area contributed by atoms with Gasteiger partial charge in [0.1, 0.15) is 0 Å². The van der Waals surface area contributed by atoms with Crippen molar-refractivity contribution in [3.63, 3.8) is 0 Å². The van der Waals surface area contributed by atoms with E-state index < -0.39 is 0 Å². The Hall–Kier alpha value is -5.25. The number of carbonyl (C=O) groups is 4. The number of nitrogens with zero attached hydrogens (tertiary/aromatic N) is 1. The molecule has 10 nitrogen and oxygen atoms in total. The molecule has 0 fully saturated rings. The zero-order valence-electron chi connectivity index (χ0n) is 26.5. The molecule has 0 radical (unpaired) electrons. The average Bonchev–Trinajstić information content (AvgIpc) is 3.66. The van der Waals surface area contributed by atoms with Crippen molar-refractivity contribution in [1.29, 1.82) is 0 Å². The quantitative estimate of drug-likeness (QED) is 0.302. The van der Waals surface area contributed by atoms with Gasteiger partial charge in [0.15, 0.2) is 0 Å². The summed E-state index contributed by atoms with van der Waals surface area (Å²) in [5.74, 6) is -1.09. The summed E-state index contributed by atoms with van der Waals surface area (Å²) in [5.41, 5.74) is 10.1. The zero-order chi connectivity index (χ0) is 33.0. The molecular weight excluding hydrogens is 572 g/mol. The van der Waals surface area contributed by atoms with Crippen LogP contribution in [0.1, 0.15) is 62.5 Å². The Labute approximate surface area is 262 Å². The summed E-state index contributed by atoms with van der Waals surface area (Å²) in [6, 6.07) is 0. The van der Waals surface area contributed by atoms with E-state index in [1.54, 1.807) is 13.0 Å². The van der Waals surface area contributed by atoms with E-state index in [9.17, 15) is 19.2 Å². The Bertz CT molecular complexity index is 1750. The van der Waals surface area contributed by atoms with Crippen LogP contribution in [0.5, 0.6) is 0 Å². The average molecular weight is 611 g/mol. The Morgan fingerprint density at radius 3 is 1.98 bits per heavy atom. The third kappa shape index (κ3) is 6.64. The third-order valence-electron chi connectivity index (χ3n) is 8.29. The van der Waals surface area contributed by atoms with Crippen molar-refractivity contribution in [2.24, 2.45) is 4.99 Å². The minimum Gasteiger partial charge on any atom is -0.469 e. The summed E-state index contributed by atoms with van der Waals surface area (Å²) >= 11 is 0. The SMILES string of the molecule is C=CC1=C(C)/C(=C/c2[nH]c(/C=C3N=C(/C=C4\NC(=O)C(C)=C4C=C)C(C)=C\3CCC(=O)OC)c(CCC(=O)OC)c2C)NC1=O. The maximum absolute atomic E-state index is 12.4. The van der Waals surface area contributed by atoms with Crippen LogP contribution in [0.4, 0.5) is 0 Å². The molecule has 4 heterocycles. The highest BCUT2D eigenvalue weighted by Crippen LogP contribution is 2.35. The number of aromatic amines is 1. The molecule has 0 aromatic carbocycles. The van der Waals surface area contributed by atoms with Gasteiger partial charge in [0.2, 0.25) is 0 Å². The Balaban J connectivity index is 1.85. The molecule has 45 heavy (non-hydrogen) atoms. The van der Waals surface area contributed by atoms with E-state index in [0.29, 0.717) is 52.4 Å². The first-order valence-corrected chi connectivity index (χ1v) is 14.5. The van der Waals surface area contributed by atoms with E-state index in [1.165, 1.54) is 20.3 Å². The highest BCUT2D eigenvalue weighted by molar-refractivity contribution is 6.14. The molecule has 0 saturated heterocycles. The molecule has 0 aliphatic carbocycles. The highest BCUT2D eigenvalue weighted by Gasteiger charge is 2.27. The van der Waals surface area contributed by atoms with Crippen LogP contribution in [0.15, 0.2) is 86.9 Å². The minimum atomic E-state index is -0.346. The van der Waals surface area contributed by atoms with Crippen LogP contribution in [0, 0.1) is 6.92 Å². The molecule has 1 aromatic rings. The molecule has 0 bridgehead atoms. The molecule has 1 aromatic heterocycles. The highest BCUT2D eigenvalue weighted by atomic mass is 16.5. The molecule has 10 heteroatoms. The van der Waals surface area contributed by atoms with Gasteiger partial charge in [0.25, 0.3) is 11.8 Å². The molecule has 0 spiro atoms. The van der Waals surface area contributed by atoms with E-state index in [2.05, 4.69) is 28.8 Å². The van der Waals surface area contributed by atoms with Gasteiger partial charge in [-0.25, -0.2) is 4.99 Å². The van der Waals surface area contributed by atoms with E-state index in [-0.39, 0.29) is 36.6 Å². The Morgan fingerprint density at radius 2 is 1.38 bits per heavy atom. The number of ether oxygens (including phenoxy) is 2. The van der Waals surface area contributed by atoms with Crippen LogP contribution >= 0.6 is 0 Å². The maximum Gasteiger partial charge on any atom is 0.305 e. The van der Waals surface area contributed by atoms with Gasteiger partial charge >= 0.3 is 11.9 Å². The van der Waals surface area contributed by atoms with E-state index in [4.69, 9.17) is 14.5 Å². The molecule has 3 aliphatic rings. The first-order valence-electron chi connectivity index (χ1n) is 14.5. The van der Waals surface area contributed by atoms with Crippen molar-refractivity contribution < 1.29 is 28.7 Å². The molecule has 0 saturated carbocycles. The predicted molar refractivity (Wildman–Crippen MR) is 173 cm³/mol. The topological polar surface area (TPSA) is 139 Å². The van der Waals surface area contributed by atoms with Crippen molar-refractivity contribution in [2.45, 2.75) is 53.4 Å². The molecule has 2 amide bonds. The van der Waals surface area contributed by atoms with Crippen LogP contribution < -0.4 is 10.6 Å². The number of aliphatic imine (C=N–C) groups is 1. The van der Waals surface area contributed by atoms with Crippen LogP contribution in [-0.2, 0) is 35.1 Å². The lowest BCUT2D eigenvalue weighted by atomic mass is 9.98. The summed E-state index contributed by atoms with van der Waals surface area (Å²) in [7, 11) is 2.70. The monoisotopic (exact) mass is 610 g/mol. The predicted octanol–water partition coefficient (Wildman–Crippen LogP) is 4.98. The first kappa shape index (κ1) is 32.7. The van der Waals surface area contributed by atoms with Crippen LogP contribution in [0.3, 0.4) is 0 Å². The molecular formula is C35H38N4O6. The standard InChI is InChI=1S/C35H38N4O6/c1-9-22-21(6)34(42)39-29(22)16-27-20(5)25(12-14-33(41)45-8)31(37-27)17-30-24(11-13-32(40)44-7)19(4)26(36-30)15-28-18(3)23(10-2)35(43)38-28/h9-10,15-17,36H,1-2,11-14H2,3-8H3,(H,38,43)(H,39,42)/b28-15-,29-16-,31-17-. The summed E-state index contributed by atoms with van der Waals surface area (Å²) in [6.45, 7) is 15.1. The Kier molecular flexibility index (Phi) is 9.86. The number of methoxy groups -OCH3 is 2. The molecule has 0 atom stereocenters. The second-order valence-electron chi connectivity index (χ2n) is 10.8. The number of aromatic nitrogens is 1. The fourth-order valence-electron chi connectivity index (χ4n) is 5.52. The lowest BCUT2D eigenvalue weighted by Gasteiger charge is -2.07. The Morgan fingerprint density at radius 1 is 0.756 bits per heavy atom. The first-order chi connectivity index (χ1) is 21.4. The second-order valence-corrected chi connectivity index (χ2v) is 10.8. The third-order valence-corrected chi connectivity index (χ3v) is 8.29. The number of carbonyl (C=O) groups excluding carboxylic acids is 4. The molecule has 234 valence electrons. The maximum atomic E-state index is 12.4. The number of allylic oxidation sites excluding steroid dienone is 5. The van der Waals surface area contributed by atoms with Crippen LogP contribution in [-0.4, -0.2) is 48.7 Å². The second kappa shape index (κ2) is 13.6. The summed E-state index contributed by atoms with van der Waals surface area (Å²) in [4.78, 5) is 57.4. The van der Waals surface area contributed by atoms with Crippen molar-refractivity contribution in [3.8, 4) is 0 Å². The van der Waals surface area contributed by atoms with E-state index in [0.717, 1.165) is 39.2 Å². The number of rotatable bonds is 11. The number of H-pyrrole nitrogens is 1. The number of esters is 2. The fourth-order valence-corrected chi connectivity index (χ4v) is 5.52. The van der Waals surface area contributed by atoms with E-state index in [1.807, 2.05) is 39.0 Å². The van der Waals surface area contributed by atoms with Gasteiger partial charge in [-0.3, -0.25) is 19.2 Å². The summed E-state index contributed by atoms with van der Waals surface area (Å²) in [6.07, 6.45) is 9.84.